The minimum Gasteiger partial charge on any atom is -0.466 e. The summed E-state index contributed by atoms with van der Waals surface area (Å²) in [6, 6.07) is 9.89. The van der Waals surface area contributed by atoms with Crippen LogP contribution in [0.1, 0.15) is 43.2 Å². The molecule has 0 aliphatic carbocycles. The lowest BCUT2D eigenvalue weighted by Crippen LogP contribution is -2.40. The van der Waals surface area contributed by atoms with Crippen LogP contribution in [0.5, 0.6) is 0 Å². The fourth-order valence-corrected chi connectivity index (χ4v) is 5.77. The molecule has 1 heterocycles. The topological polar surface area (TPSA) is 107 Å². The monoisotopic (exact) mass is 478 g/mol. The lowest BCUT2D eigenvalue weighted by atomic mass is 9.78. The summed E-state index contributed by atoms with van der Waals surface area (Å²) in [6.45, 7) is 3.97. The SMILES string of the molecule is CCOC(=O)C[C@@H](c1ccc(F)cc1)C1CCN(S(=O)(=O)c2ccc(C)c([N+](=O)[O-])c2)CC1. The largest absolute Gasteiger partial charge is 0.466 e. The van der Waals surface area contributed by atoms with Crippen molar-refractivity contribution in [1.82, 2.24) is 4.31 Å². The maximum Gasteiger partial charge on any atom is 0.306 e. The molecule has 0 N–H and O–H groups in total. The van der Waals surface area contributed by atoms with Crippen LogP contribution < -0.4 is 0 Å². The van der Waals surface area contributed by atoms with Gasteiger partial charge in [0.1, 0.15) is 5.82 Å². The number of ether oxygens (including phenoxy) is 1. The van der Waals surface area contributed by atoms with Crippen LogP contribution in [-0.4, -0.2) is 43.3 Å². The summed E-state index contributed by atoms with van der Waals surface area (Å²) in [5.41, 5.74) is 0.954. The Bertz CT molecular complexity index is 1110. The van der Waals surface area contributed by atoms with E-state index in [1.54, 1.807) is 26.0 Å². The molecule has 3 rings (SSSR count). The molecule has 1 aliphatic heterocycles. The van der Waals surface area contributed by atoms with Crippen molar-refractivity contribution in [3.63, 3.8) is 0 Å². The first-order valence-corrected chi connectivity index (χ1v) is 12.2. The van der Waals surface area contributed by atoms with Gasteiger partial charge in [-0.1, -0.05) is 18.2 Å². The molecule has 0 amide bonds. The Balaban J connectivity index is 1.78. The second kappa shape index (κ2) is 10.4. The van der Waals surface area contributed by atoms with Crippen molar-refractivity contribution >= 4 is 21.7 Å². The van der Waals surface area contributed by atoms with E-state index >= 15 is 0 Å². The van der Waals surface area contributed by atoms with Gasteiger partial charge in [-0.25, -0.2) is 12.8 Å². The van der Waals surface area contributed by atoms with Crippen LogP contribution in [0.3, 0.4) is 0 Å². The molecule has 0 spiro atoms. The van der Waals surface area contributed by atoms with Crippen LogP contribution in [0.2, 0.25) is 0 Å². The van der Waals surface area contributed by atoms with E-state index in [-0.39, 0.29) is 60.3 Å². The van der Waals surface area contributed by atoms with Gasteiger partial charge in [0.25, 0.3) is 5.69 Å². The van der Waals surface area contributed by atoms with Gasteiger partial charge in [-0.05, 0) is 62.3 Å². The lowest BCUT2D eigenvalue weighted by Gasteiger charge is -2.35. The average molecular weight is 479 g/mol. The molecule has 178 valence electrons. The van der Waals surface area contributed by atoms with Crippen molar-refractivity contribution < 1.29 is 27.3 Å². The number of benzene rings is 2. The minimum absolute atomic E-state index is 0.00123. The summed E-state index contributed by atoms with van der Waals surface area (Å²) in [4.78, 5) is 22.7. The molecule has 8 nitrogen and oxygen atoms in total. The van der Waals surface area contributed by atoms with Gasteiger partial charge in [0.2, 0.25) is 10.0 Å². The van der Waals surface area contributed by atoms with Gasteiger partial charge in [0, 0.05) is 24.7 Å². The zero-order valence-electron chi connectivity index (χ0n) is 18.6. The van der Waals surface area contributed by atoms with Gasteiger partial charge in [-0.15, -0.1) is 0 Å². The number of hydrogen-bond donors (Lipinski definition) is 0. The Labute approximate surface area is 192 Å². The number of nitro groups is 1. The fraction of sp³-hybridized carbons (Fsp3) is 0.435. The summed E-state index contributed by atoms with van der Waals surface area (Å²) in [5, 5.41) is 11.2. The van der Waals surface area contributed by atoms with Crippen LogP contribution in [0, 0.1) is 28.8 Å². The molecule has 1 saturated heterocycles. The highest BCUT2D eigenvalue weighted by atomic mass is 32.2. The number of aryl methyl sites for hydroxylation is 1. The first kappa shape index (κ1) is 24.8. The molecule has 2 aromatic rings. The standard InChI is InChI=1S/C23H27FN2O6S/c1-3-32-23(27)15-21(17-5-7-19(24)8-6-17)18-10-12-25(13-11-18)33(30,31)20-9-4-16(2)22(14-20)26(28)29/h4-9,14,18,21H,3,10-13,15H2,1-2H3/t21-/m0/s1. The number of piperidine rings is 1. The number of carbonyl (C=O) groups is 1. The third-order valence-electron chi connectivity index (χ3n) is 6.07. The van der Waals surface area contributed by atoms with Crippen molar-refractivity contribution in [1.29, 1.82) is 0 Å². The van der Waals surface area contributed by atoms with E-state index in [2.05, 4.69) is 0 Å². The summed E-state index contributed by atoms with van der Waals surface area (Å²) in [6.07, 6.45) is 1.12. The Morgan fingerprint density at radius 2 is 1.85 bits per heavy atom. The smallest absolute Gasteiger partial charge is 0.306 e. The number of nitrogens with zero attached hydrogens (tertiary/aromatic N) is 2. The molecule has 0 unspecified atom stereocenters. The van der Waals surface area contributed by atoms with E-state index in [1.807, 2.05) is 0 Å². The van der Waals surface area contributed by atoms with E-state index in [9.17, 15) is 27.7 Å². The molecule has 0 saturated carbocycles. The highest BCUT2D eigenvalue weighted by Gasteiger charge is 2.35. The predicted octanol–water partition coefficient (Wildman–Crippen LogP) is 4.18. The Hall–Kier alpha value is -2.85. The summed E-state index contributed by atoms with van der Waals surface area (Å²) < 4.78 is 46.1. The molecule has 10 heteroatoms. The number of sulfonamides is 1. The molecule has 0 radical (unpaired) electrons. The lowest BCUT2D eigenvalue weighted by molar-refractivity contribution is -0.385. The second-order valence-electron chi connectivity index (χ2n) is 8.11. The van der Waals surface area contributed by atoms with Crippen molar-refractivity contribution in [3.05, 3.63) is 69.5 Å². The van der Waals surface area contributed by atoms with Crippen LogP contribution in [0.15, 0.2) is 47.4 Å². The first-order valence-electron chi connectivity index (χ1n) is 10.8. The van der Waals surface area contributed by atoms with Crippen molar-refractivity contribution in [2.24, 2.45) is 5.92 Å². The van der Waals surface area contributed by atoms with Gasteiger partial charge in [-0.3, -0.25) is 14.9 Å². The molecular weight excluding hydrogens is 451 g/mol. The average Bonchev–Trinajstić information content (AvgIpc) is 2.78. The number of hydrogen-bond acceptors (Lipinski definition) is 6. The number of rotatable bonds is 8. The summed E-state index contributed by atoms with van der Waals surface area (Å²) >= 11 is 0. The van der Waals surface area contributed by atoms with E-state index in [0.717, 1.165) is 11.6 Å². The second-order valence-corrected chi connectivity index (χ2v) is 10.1. The zero-order chi connectivity index (χ0) is 24.2. The van der Waals surface area contributed by atoms with E-state index < -0.39 is 14.9 Å². The number of halogens is 1. The summed E-state index contributed by atoms with van der Waals surface area (Å²) in [7, 11) is -3.90. The predicted molar refractivity (Wildman–Crippen MR) is 120 cm³/mol. The highest BCUT2D eigenvalue weighted by Crippen LogP contribution is 2.37. The van der Waals surface area contributed by atoms with Crippen molar-refractivity contribution in [2.75, 3.05) is 19.7 Å². The molecule has 1 aliphatic rings. The zero-order valence-corrected chi connectivity index (χ0v) is 19.4. The summed E-state index contributed by atoms with van der Waals surface area (Å²) in [5.74, 6) is -0.954. The maximum atomic E-state index is 13.4. The van der Waals surface area contributed by atoms with E-state index in [0.29, 0.717) is 18.4 Å². The van der Waals surface area contributed by atoms with Gasteiger partial charge in [0.15, 0.2) is 0 Å². The Kier molecular flexibility index (Phi) is 7.80. The quantitative estimate of drug-likeness (QED) is 0.320. The first-order chi connectivity index (χ1) is 15.6. The van der Waals surface area contributed by atoms with Crippen LogP contribution in [0.4, 0.5) is 10.1 Å². The third kappa shape index (κ3) is 5.75. The molecule has 1 atom stereocenters. The Morgan fingerprint density at radius 3 is 2.42 bits per heavy atom. The minimum atomic E-state index is -3.90. The number of carbonyl (C=O) groups excluding carboxylic acids is 1. The molecule has 2 aromatic carbocycles. The Morgan fingerprint density at radius 1 is 1.21 bits per heavy atom. The molecule has 0 aromatic heterocycles. The number of nitro benzene ring substituents is 1. The van der Waals surface area contributed by atoms with E-state index in [4.69, 9.17) is 4.74 Å². The molecule has 1 fully saturated rings. The van der Waals surface area contributed by atoms with Crippen molar-refractivity contribution in [2.45, 2.75) is 43.9 Å². The molecular formula is C23H27FN2O6S. The van der Waals surface area contributed by atoms with Gasteiger partial charge in [0.05, 0.1) is 22.8 Å². The third-order valence-corrected chi connectivity index (χ3v) is 7.97. The fourth-order valence-electron chi connectivity index (χ4n) is 4.28. The normalized spacial score (nSPS) is 16.3. The molecule has 33 heavy (non-hydrogen) atoms. The van der Waals surface area contributed by atoms with Crippen LogP contribution >= 0.6 is 0 Å². The van der Waals surface area contributed by atoms with Gasteiger partial charge < -0.3 is 4.74 Å². The van der Waals surface area contributed by atoms with Crippen LogP contribution in [0.25, 0.3) is 0 Å². The number of esters is 1. The highest BCUT2D eigenvalue weighted by molar-refractivity contribution is 7.89. The maximum absolute atomic E-state index is 13.4. The van der Waals surface area contributed by atoms with E-state index in [1.165, 1.54) is 28.6 Å². The molecule has 0 bridgehead atoms. The van der Waals surface area contributed by atoms with Gasteiger partial charge >= 0.3 is 5.97 Å². The van der Waals surface area contributed by atoms with Crippen LogP contribution in [-0.2, 0) is 19.6 Å². The van der Waals surface area contributed by atoms with Crippen molar-refractivity contribution in [3.8, 4) is 0 Å². The van der Waals surface area contributed by atoms with Gasteiger partial charge in [-0.2, -0.15) is 4.31 Å².